The molecule has 0 radical (unpaired) electrons. The molecule has 1 amide bonds. The van der Waals surface area contributed by atoms with E-state index in [9.17, 15) is 4.79 Å². The molecular formula is C10H15ClN4O. The van der Waals surface area contributed by atoms with Crippen LogP contribution in [0.3, 0.4) is 0 Å². The Morgan fingerprint density at radius 3 is 2.75 bits per heavy atom. The smallest absolute Gasteiger partial charge is 0.227 e. The number of rotatable bonds is 4. The largest absolute Gasteiger partial charge is 0.369 e. The lowest BCUT2D eigenvalue weighted by atomic mass is 9.92. The number of carbonyl (C=O) groups excluding carboxylic acids is 1. The fourth-order valence-electron chi connectivity index (χ4n) is 1.16. The number of halogens is 1. The van der Waals surface area contributed by atoms with Crippen LogP contribution in [0.4, 0.5) is 5.82 Å². The van der Waals surface area contributed by atoms with Crippen LogP contribution in [0.5, 0.6) is 0 Å². The lowest BCUT2D eigenvalue weighted by molar-refractivity contribution is -0.128. The van der Waals surface area contributed by atoms with Crippen molar-refractivity contribution in [2.45, 2.75) is 13.8 Å². The van der Waals surface area contributed by atoms with Crippen molar-refractivity contribution in [2.75, 3.05) is 18.9 Å². The van der Waals surface area contributed by atoms with Crippen LogP contribution in [0.25, 0.3) is 0 Å². The van der Waals surface area contributed by atoms with Crippen LogP contribution >= 0.6 is 11.6 Å². The summed E-state index contributed by atoms with van der Waals surface area (Å²) in [5.41, 5.74) is -0.508. The van der Waals surface area contributed by atoms with E-state index in [1.54, 1.807) is 13.1 Å². The highest BCUT2D eigenvalue weighted by Gasteiger charge is 2.26. The molecule has 0 fully saturated rings. The van der Waals surface area contributed by atoms with Crippen LogP contribution < -0.4 is 10.6 Å². The lowest BCUT2D eigenvalue weighted by Gasteiger charge is -2.23. The monoisotopic (exact) mass is 242 g/mol. The molecule has 0 saturated carbocycles. The standard InChI is InChI=1S/C10H15ClN4O/c1-10(2,9(16)12-3)5-13-8-4-7(11)14-6-15-8/h4,6H,5H2,1-3H3,(H,12,16)(H,13,14,15). The maximum absolute atomic E-state index is 11.5. The normalized spacial score (nSPS) is 11.0. The highest BCUT2D eigenvalue weighted by molar-refractivity contribution is 6.29. The molecule has 0 spiro atoms. The highest BCUT2D eigenvalue weighted by Crippen LogP contribution is 2.16. The van der Waals surface area contributed by atoms with Crippen LogP contribution in [0.15, 0.2) is 12.4 Å². The molecule has 88 valence electrons. The van der Waals surface area contributed by atoms with Gasteiger partial charge in [-0.3, -0.25) is 4.79 Å². The molecule has 1 aromatic heterocycles. The number of nitrogens with zero attached hydrogens (tertiary/aromatic N) is 2. The fourth-order valence-corrected chi connectivity index (χ4v) is 1.31. The first-order valence-electron chi connectivity index (χ1n) is 4.89. The van der Waals surface area contributed by atoms with Gasteiger partial charge in [0.1, 0.15) is 17.3 Å². The van der Waals surface area contributed by atoms with Gasteiger partial charge in [0.25, 0.3) is 0 Å². The number of aromatic nitrogens is 2. The lowest BCUT2D eigenvalue weighted by Crippen LogP contribution is -2.39. The van der Waals surface area contributed by atoms with Crippen molar-refractivity contribution < 1.29 is 4.79 Å². The number of carbonyl (C=O) groups is 1. The van der Waals surface area contributed by atoms with Gasteiger partial charge in [-0.05, 0) is 13.8 Å². The molecule has 1 rings (SSSR count). The maximum atomic E-state index is 11.5. The minimum Gasteiger partial charge on any atom is -0.369 e. The molecular weight excluding hydrogens is 228 g/mol. The summed E-state index contributed by atoms with van der Waals surface area (Å²) < 4.78 is 0. The van der Waals surface area contributed by atoms with E-state index >= 15 is 0 Å². The number of hydrogen-bond acceptors (Lipinski definition) is 4. The minimum atomic E-state index is -0.508. The second-order valence-corrected chi connectivity index (χ2v) is 4.43. The van der Waals surface area contributed by atoms with E-state index in [0.717, 1.165) is 0 Å². The summed E-state index contributed by atoms with van der Waals surface area (Å²) in [6.07, 6.45) is 1.37. The molecule has 5 nitrogen and oxygen atoms in total. The first kappa shape index (κ1) is 12.7. The van der Waals surface area contributed by atoms with Gasteiger partial charge in [0.15, 0.2) is 0 Å². The molecule has 0 aliphatic heterocycles. The Kier molecular flexibility index (Phi) is 4.06. The van der Waals surface area contributed by atoms with E-state index in [1.807, 2.05) is 13.8 Å². The molecule has 0 bridgehead atoms. The van der Waals surface area contributed by atoms with Gasteiger partial charge < -0.3 is 10.6 Å². The zero-order chi connectivity index (χ0) is 12.2. The third kappa shape index (κ3) is 3.34. The molecule has 6 heteroatoms. The van der Waals surface area contributed by atoms with Crippen molar-refractivity contribution in [2.24, 2.45) is 5.41 Å². The van der Waals surface area contributed by atoms with Gasteiger partial charge in [0.2, 0.25) is 5.91 Å². The molecule has 0 aliphatic carbocycles. The van der Waals surface area contributed by atoms with Crippen molar-refractivity contribution in [3.05, 3.63) is 17.5 Å². The van der Waals surface area contributed by atoms with Crippen molar-refractivity contribution in [1.82, 2.24) is 15.3 Å². The highest BCUT2D eigenvalue weighted by atomic mass is 35.5. The molecule has 0 unspecified atom stereocenters. The molecule has 0 aromatic carbocycles. The molecule has 1 aromatic rings. The van der Waals surface area contributed by atoms with Crippen LogP contribution in [0.1, 0.15) is 13.8 Å². The predicted octanol–water partition coefficient (Wildman–Crippen LogP) is 1.31. The van der Waals surface area contributed by atoms with Crippen LogP contribution in [0.2, 0.25) is 5.15 Å². The van der Waals surface area contributed by atoms with Gasteiger partial charge in [-0.15, -0.1) is 0 Å². The second-order valence-electron chi connectivity index (χ2n) is 4.04. The fraction of sp³-hybridized carbons (Fsp3) is 0.500. The van der Waals surface area contributed by atoms with E-state index in [1.165, 1.54) is 6.33 Å². The van der Waals surface area contributed by atoms with E-state index in [2.05, 4.69) is 20.6 Å². The summed E-state index contributed by atoms with van der Waals surface area (Å²) in [6, 6.07) is 1.61. The number of nitrogens with one attached hydrogen (secondary N) is 2. The van der Waals surface area contributed by atoms with Gasteiger partial charge in [0, 0.05) is 19.7 Å². The summed E-state index contributed by atoms with van der Waals surface area (Å²) in [7, 11) is 1.62. The van der Waals surface area contributed by atoms with E-state index in [0.29, 0.717) is 17.5 Å². The molecule has 16 heavy (non-hydrogen) atoms. The van der Waals surface area contributed by atoms with Gasteiger partial charge in [0.05, 0.1) is 5.41 Å². The quantitative estimate of drug-likeness (QED) is 0.782. The van der Waals surface area contributed by atoms with Gasteiger partial charge in [-0.2, -0.15) is 0 Å². The van der Waals surface area contributed by atoms with Gasteiger partial charge in [-0.25, -0.2) is 9.97 Å². The Balaban J connectivity index is 2.61. The van der Waals surface area contributed by atoms with Crippen molar-refractivity contribution in [3.8, 4) is 0 Å². The van der Waals surface area contributed by atoms with Crippen LogP contribution in [-0.4, -0.2) is 29.5 Å². The molecule has 2 N–H and O–H groups in total. The average molecular weight is 243 g/mol. The Labute approximate surface area is 99.6 Å². The predicted molar refractivity (Wildman–Crippen MR) is 63.4 cm³/mol. The first-order chi connectivity index (χ1) is 7.45. The number of anilines is 1. The summed E-state index contributed by atoms with van der Waals surface area (Å²) in [5, 5.41) is 6.03. The van der Waals surface area contributed by atoms with E-state index < -0.39 is 5.41 Å². The molecule has 1 heterocycles. The first-order valence-corrected chi connectivity index (χ1v) is 5.27. The van der Waals surface area contributed by atoms with Gasteiger partial charge >= 0.3 is 0 Å². The Morgan fingerprint density at radius 2 is 2.19 bits per heavy atom. The summed E-state index contributed by atoms with van der Waals surface area (Å²) in [6.45, 7) is 4.17. The Bertz CT molecular complexity index is 381. The van der Waals surface area contributed by atoms with Gasteiger partial charge in [-0.1, -0.05) is 11.6 Å². The molecule has 0 atom stereocenters. The van der Waals surface area contributed by atoms with Crippen LogP contribution in [0, 0.1) is 5.41 Å². The zero-order valence-electron chi connectivity index (χ0n) is 9.54. The second kappa shape index (κ2) is 5.12. The van der Waals surface area contributed by atoms with Crippen molar-refractivity contribution in [1.29, 1.82) is 0 Å². The Morgan fingerprint density at radius 1 is 1.50 bits per heavy atom. The summed E-state index contributed by atoms with van der Waals surface area (Å²) in [4.78, 5) is 19.3. The summed E-state index contributed by atoms with van der Waals surface area (Å²) >= 11 is 5.71. The number of amides is 1. The van der Waals surface area contributed by atoms with Crippen molar-refractivity contribution in [3.63, 3.8) is 0 Å². The molecule has 0 aliphatic rings. The maximum Gasteiger partial charge on any atom is 0.227 e. The van der Waals surface area contributed by atoms with E-state index in [-0.39, 0.29) is 5.91 Å². The number of hydrogen-bond donors (Lipinski definition) is 2. The van der Waals surface area contributed by atoms with E-state index in [4.69, 9.17) is 11.6 Å². The average Bonchev–Trinajstić information content (AvgIpc) is 2.25. The minimum absolute atomic E-state index is 0.0276. The Hall–Kier alpha value is -1.36. The molecule has 0 saturated heterocycles. The van der Waals surface area contributed by atoms with Crippen LogP contribution in [-0.2, 0) is 4.79 Å². The summed E-state index contributed by atoms with van der Waals surface area (Å²) in [5.74, 6) is 0.581. The third-order valence-corrected chi connectivity index (χ3v) is 2.39. The van der Waals surface area contributed by atoms with Crippen molar-refractivity contribution >= 4 is 23.3 Å². The SMILES string of the molecule is CNC(=O)C(C)(C)CNc1cc(Cl)ncn1. The zero-order valence-corrected chi connectivity index (χ0v) is 10.3. The third-order valence-electron chi connectivity index (χ3n) is 2.19. The topological polar surface area (TPSA) is 66.9 Å².